The van der Waals surface area contributed by atoms with Crippen molar-refractivity contribution in [1.82, 2.24) is 0 Å². The first-order chi connectivity index (χ1) is 14.0. The smallest absolute Gasteiger partial charge is 0.397 e. The molecule has 0 spiro atoms. The van der Waals surface area contributed by atoms with Gasteiger partial charge in [0.1, 0.15) is 48.6 Å². The minimum atomic E-state index is -4.69. The van der Waals surface area contributed by atoms with E-state index in [9.17, 15) is 13.2 Å². The molecule has 1 N–H and O–H groups in total. The predicted molar refractivity (Wildman–Crippen MR) is 116 cm³/mol. The molecule has 9 nitrogen and oxygen atoms in total. The number of ether oxygens (including phenoxy) is 3. The number of methoxy groups -OCH3 is 1. The number of carbonyl (C=O) groups is 1. The van der Waals surface area contributed by atoms with Crippen LogP contribution >= 0.6 is 8.03 Å². The van der Waals surface area contributed by atoms with E-state index in [4.69, 9.17) is 35.0 Å². The second kappa shape index (κ2) is 11.3. The molecule has 13 heteroatoms. The molecule has 2 aliphatic heterocycles. The molecule has 2 heterocycles. The van der Waals surface area contributed by atoms with Crippen molar-refractivity contribution < 1.29 is 40.7 Å². The first kappa shape index (κ1) is 26.3. The highest BCUT2D eigenvalue weighted by atomic mass is 32.3. The quantitative estimate of drug-likeness (QED) is 0.169. The second-order valence-corrected chi connectivity index (χ2v) is 12.3. The molecular formula is C17H31BO9PS2+. The molecule has 0 amide bonds. The van der Waals surface area contributed by atoms with Crippen LogP contribution in [0.3, 0.4) is 0 Å². The van der Waals surface area contributed by atoms with Crippen molar-refractivity contribution in [2.45, 2.75) is 57.0 Å². The zero-order valence-corrected chi connectivity index (χ0v) is 20.5. The van der Waals surface area contributed by atoms with Gasteiger partial charge in [0, 0.05) is 5.92 Å². The Bertz CT molecular complexity index is 680. The molecule has 30 heavy (non-hydrogen) atoms. The van der Waals surface area contributed by atoms with Crippen LogP contribution in [0.15, 0.2) is 0 Å². The Balaban J connectivity index is 2.17. The highest BCUT2D eigenvalue weighted by Gasteiger charge is 2.52. The molecule has 0 saturated carbocycles. The maximum absolute atomic E-state index is 11.9. The summed E-state index contributed by atoms with van der Waals surface area (Å²) in [6, 6.07) is 0. The van der Waals surface area contributed by atoms with Crippen LogP contribution in [-0.4, -0.2) is 88.2 Å². The standard InChI is InChI=1S/C17H30BO9PS2/c1-6-15-10(2)13(26-28(5)18)8-29(15)9-14-12(27-30(20,21)22)7-24-17(25-14)11(3)16(19)23-4/h10-15,17H,6-9H2,1-5H3/p+1/t10-,11?,12-,13+,14+,15+,17?,28?,29?/m0/s1. The van der Waals surface area contributed by atoms with Crippen LogP contribution in [0.5, 0.6) is 0 Å². The minimum absolute atomic E-state index is 0.0324. The van der Waals surface area contributed by atoms with Crippen molar-refractivity contribution in [2.75, 3.05) is 31.9 Å². The third-order valence-electron chi connectivity index (χ3n) is 5.44. The van der Waals surface area contributed by atoms with Gasteiger partial charge < -0.3 is 18.7 Å². The van der Waals surface area contributed by atoms with Gasteiger partial charge in [0.2, 0.25) is 0 Å². The van der Waals surface area contributed by atoms with Crippen molar-refractivity contribution >= 4 is 42.9 Å². The fourth-order valence-electron chi connectivity index (χ4n) is 3.93. The molecule has 9 atom stereocenters. The summed E-state index contributed by atoms with van der Waals surface area (Å²) in [5.41, 5.74) is 0. The summed E-state index contributed by atoms with van der Waals surface area (Å²) in [6.45, 7) is 7.59. The van der Waals surface area contributed by atoms with Crippen molar-refractivity contribution in [3.8, 4) is 0 Å². The highest BCUT2D eigenvalue weighted by Crippen LogP contribution is 2.40. The van der Waals surface area contributed by atoms with Gasteiger partial charge in [-0.2, -0.15) is 8.42 Å². The normalized spacial score (nSPS) is 36.9. The summed E-state index contributed by atoms with van der Waals surface area (Å²) in [6.07, 6.45) is -1.62. The van der Waals surface area contributed by atoms with Crippen LogP contribution in [0.1, 0.15) is 27.2 Å². The summed E-state index contributed by atoms with van der Waals surface area (Å²) in [5, 5.41) is 0.360. The van der Waals surface area contributed by atoms with Crippen LogP contribution < -0.4 is 0 Å². The minimum Gasteiger partial charge on any atom is -0.469 e. The van der Waals surface area contributed by atoms with Gasteiger partial charge in [-0.05, 0) is 38.9 Å². The van der Waals surface area contributed by atoms with Crippen LogP contribution in [0, 0.1) is 11.8 Å². The van der Waals surface area contributed by atoms with Gasteiger partial charge in [0.25, 0.3) is 0 Å². The molecule has 2 aliphatic rings. The maximum Gasteiger partial charge on any atom is 0.397 e. The second-order valence-electron chi connectivity index (χ2n) is 7.62. The largest absolute Gasteiger partial charge is 0.469 e. The van der Waals surface area contributed by atoms with E-state index in [2.05, 4.69) is 13.8 Å². The van der Waals surface area contributed by atoms with Crippen LogP contribution in [0.4, 0.5) is 0 Å². The maximum atomic E-state index is 11.9. The number of hydrogen-bond acceptors (Lipinski definition) is 8. The molecule has 0 aromatic rings. The van der Waals surface area contributed by atoms with E-state index in [0.717, 1.165) is 12.2 Å². The van der Waals surface area contributed by atoms with Gasteiger partial charge in [-0.15, -0.1) is 0 Å². The Hall–Kier alpha value is 0.0649. The number of carbonyl (C=O) groups excluding carboxylic acids is 1. The van der Waals surface area contributed by atoms with E-state index < -0.39 is 48.8 Å². The molecule has 4 unspecified atom stereocenters. The molecule has 0 bridgehead atoms. The van der Waals surface area contributed by atoms with E-state index in [1.807, 2.05) is 6.66 Å². The molecule has 2 rings (SSSR count). The van der Waals surface area contributed by atoms with E-state index in [-0.39, 0.29) is 23.6 Å². The summed E-state index contributed by atoms with van der Waals surface area (Å²) >= 11 is 0. The molecule has 0 aromatic carbocycles. The molecule has 0 aliphatic carbocycles. The zero-order chi connectivity index (χ0) is 22.6. The zero-order valence-electron chi connectivity index (χ0n) is 17.9. The van der Waals surface area contributed by atoms with Crippen LogP contribution in [0.2, 0.25) is 0 Å². The van der Waals surface area contributed by atoms with E-state index in [0.29, 0.717) is 16.9 Å². The number of hydrogen-bond donors (Lipinski definition) is 1. The summed E-state index contributed by atoms with van der Waals surface area (Å²) in [4.78, 5) is 11.9. The summed E-state index contributed by atoms with van der Waals surface area (Å²) < 4.78 is 58.8. The van der Waals surface area contributed by atoms with Gasteiger partial charge in [-0.25, -0.2) is 4.18 Å². The Kier molecular flexibility index (Phi) is 9.89. The lowest BCUT2D eigenvalue weighted by Crippen LogP contribution is -2.52. The average molecular weight is 485 g/mol. The van der Waals surface area contributed by atoms with Crippen molar-refractivity contribution in [3.63, 3.8) is 0 Å². The third-order valence-corrected chi connectivity index (χ3v) is 9.66. The van der Waals surface area contributed by atoms with Gasteiger partial charge >= 0.3 is 16.4 Å². The molecule has 2 saturated heterocycles. The lowest BCUT2D eigenvalue weighted by molar-refractivity contribution is -0.258. The Labute approximate surface area is 184 Å². The average Bonchev–Trinajstić information content (AvgIpc) is 2.94. The Morgan fingerprint density at radius 3 is 2.60 bits per heavy atom. The lowest BCUT2D eigenvalue weighted by atomic mass is 10.0. The molecule has 172 valence electrons. The first-order valence-electron chi connectivity index (χ1n) is 9.78. The fourth-order valence-corrected chi connectivity index (χ4v) is 8.61. The summed E-state index contributed by atoms with van der Waals surface area (Å²) in [7, 11) is 1.32. The highest BCUT2D eigenvalue weighted by molar-refractivity contribution is 7.97. The van der Waals surface area contributed by atoms with Crippen LogP contribution in [0.25, 0.3) is 0 Å². The SMILES string of the molecule is [B]P(C)O[C@@H]1C[S+](C[C@H]2OC(C(C)C(=O)OC)OC[C@@H]2OS(=O)(=O)O)[C@H](CC)[C@H]1C. The van der Waals surface area contributed by atoms with Gasteiger partial charge in [0.05, 0.1) is 13.7 Å². The Morgan fingerprint density at radius 2 is 2.07 bits per heavy atom. The van der Waals surface area contributed by atoms with Crippen molar-refractivity contribution in [1.29, 1.82) is 0 Å². The number of esters is 1. The van der Waals surface area contributed by atoms with Crippen LogP contribution in [-0.2, 0) is 49.0 Å². The van der Waals surface area contributed by atoms with Gasteiger partial charge in [-0.3, -0.25) is 9.35 Å². The molecule has 2 fully saturated rings. The van der Waals surface area contributed by atoms with Gasteiger partial charge in [-0.1, -0.05) is 13.8 Å². The third kappa shape index (κ3) is 7.03. The van der Waals surface area contributed by atoms with E-state index in [1.54, 1.807) is 6.92 Å². The molecule has 2 radical (unpaired) electrons. The van der Waals surface area contributed by atoms with Gasteiger partial charge in [0.15, 0.2) is 6.29 Å². The van der Waals surface area contributed by atoms with Crippen molar-refractivity contribution in [3.05, 3.63) is 0 Å². The Morgan fingerprint density at radius 1 is 1.40 bits per heavy atom. The predicted octanol–water partition coefficient (Wildman–Crippen LogP) is 1.27. The number of rotatable bonds is 9. The lowest BCUT2D eigenvalue weighted by Gasteiger charge is -2.36. The summed E-state index contributed by atoms with van der Waals surface area (Å²) in [5.74, 6) is 0.401. The fraction of sp³-hybridized carbons (Fsp3) is 0.941. The topological polar surface area (TPSA) is 118 Å². The molecule has 0 aromatic heterocycles. The monoisotopic (exact) mass is 485 g/mol. The van der Waals surface area contributed by atoms with Crippen molar-refractivity contribution in [2.24, 2.45) is 11.8 Å². The van der Waals surface area contributed by atoms with E-state index in [1.165, 1.54) is 7.11 Å². The molecular weight excluding hydrogens is 454 g/mol. The first-order valence-corrected chi connectivity index (χ1v) is 14.6. The van der Waals surface area contributed by atoms with E-state index >= 15 is 0 Å².